The van der Waals surface area contributed by atoms with Gasteiger partial charge in [0.25, 0.3) is 0 Å². The van der Waals surface area contributed by atoms with Crippen LogP contribution in [0.4, 0.5) is 10.2 Å². The lowest BCUT2D eigenvalue weighted by Gasteiger charge is -2.10. The smallest absolute Gasteiger partial charge is 0.188 e. The van der Waals surface area contributed by atoms with Crippen molar-refractivity contribution in [3.8, 4) is 11.4 Å². The number of anilines is 1. The molecule has 0 aliphatic rings. The first kappa shape index (κ1) is 18.9. The van der Waals surface area contributed by atoms with E-state index in [1.165, 1.54) is 11.6 Å². The topological polar surface area (TPSA) is 72.9 Å². The summed E-state index contributed by atoms with van der Waals surface area (Å²) in [7, 11) is 0. The first-order valence-corrected chi connectivity index (χ1v) is 9.94. The zero-order valence-corrected chi connectivity index (χ0v) is 16.9. The van der Waals surface area contributed by atoms with E-state index in [1.54, 1.807) is 22.7 Å². The summed E-state index contributed by atoms with van der Waals surface area (Å²) in [6.45, 7) is 3.37. The average Bonchev–Trinajstić information content (AvgIpc) is 3.39. The number of hydrogen-bond acceptors (Lipinski definition) is 5. The van der Waals surface area contributed by atoms with Crippen LogP contribution in [0.3, 0.4) is 0 Å². The van der Waals surface area contributed by atoms with E-state index in [-0.39, 0.29) is 5.82 Å². The molecule has 0 saturated heterocycles. The fraction of sp³-hybridized carbons (Fsp3) is 0.130. The van der Waals surface area contributed by atoms with Gasteiger partial charge >= 0.3 is 0 Å². The van der Waals surface area contributed by atoms with Gasteiger partial charge in [-0.15, -0.1) is 15.3 Å². The second kappa shape index (κ2) is 7.98. The second-order valence-electron chi connectivity index (χ2n) is 7.27. The standard InChI is InChI=1S/C23H20FN7/c1-16-25-11-12-30(16)15-18-6-4-5-17(13-18)14-26-21-9-10-22-27-28-23(31(22)29-21)19-7-2-3-8-20(19)24/h2-13H,14-15H2,1H3,(H,26,29). The second-order valence-corrected chi connectivity index (χ2v) is 7.27. The van der Waals surface area contributed by atoms with Gasteiger partial charge < -0.3 is 9.88 Å². The Hall–Kier alpha value is -4.07. The summed E-state index contributed by atoms with van der Waals surface area (Å²) in [6.07, 6.45) is 3.79. The molecule has 0 spiro atoms. The highest BCUT2D eigenvalue weighted by atomic mass is 19.1. The molecule has 31 heavy (non-hydrogen) atoms. The number of halogens is 1. The Bertz CT molecular complexity index is 1360. The fourth-order valence-corrected chi connectivity index (χ4v) is 3.49. The minimum Gasteiger partial charge on any atom is -0.365 e. The van der Waals surface area contributed by atoms with Crippen LogP contribution in [0.2, 0.25) is 0 Å². The lowest BCUT2D eigenvalue weighted by Crippen LogP contribution is -2.06. The van der Waals surface area contributed by atoms with Gasteiger partial charge in [0, 0.05) is 25.5 Å². The Morgan fingerprint density at radius 1 is 0.968 bits per heavy atom. The Morgan fingerprint density at radius 3 is 2.68 bits per heavy atom. The molecule has 3 aromatic heterocycles. The Labute approximate surface area is 178 Å². The van der Waals surface area contributed by atoms with Gasteiger partial charge in [-0.3, -0.25) is 0 Å². The zero-order valence-electron chi connectivity index (χ0n) is 16.9. The monoisotopic (exact) mass is 413 g/mol. The van der Waals surface area contributed by atoms with Crippen molar-refractivity contribution in [3.63, 3.8) is 0 Å². The minimum atomic E-state index is -0.359. The summed E-state index contributed by atoms with van der Waals surface area (Å²) in [5, 5.41) is 16.1. The van der Waals surface area contributed by atoms with E-state index in [1.807, 2.05) is 37.5 Å². The molecule has 1 N–H and O–H groups in total. The maximum Gasteiger partial charge on any atom is 0.188 e. The van der Waals surface area contributed by atoms with Crippen LogP contribution in [0.1, 0.15) is 17.0 Å². The summed E-state index contributed by atoms with van der Waals surface area (Å²) in [5.74, 6) is 1.65. The summed E-state index contributed by atoms with van der Waals surface area (Å²) in [6, 6.07) is 18.5. The van der Waals surface area contributed by atoms with Gasteiger partial charge in [0.2, 0.25) is 0 Å². The van der Waals surface area contributed by atoms with Gasteiger partial charge in [-0.05, 0) is 42.3 Å². The largest absolute Gasteiger partial charge is 0.365 e. The first-order chi connectivity index (χ1) is 15.2. The van der Waals surface area contributed by atoms with E-state index in [0.717, 1.165) is 17.9 Å². The van der Waals surface area contributed by atoms with Gasteiger partial charge in [0.15, 0.2) is 11.5 Å². The van der Waals surface area contributed by atoms with Crippen LogP contribution in [0, 0.1) is 12.7 Å². The van der Waals surface area contributed by atoms with Crippen molar-refractivity contribution in [1.82, 2.24) is 29.4 Å². The highest BCUT2D eigenvalue weighted by Gasteiger charge is 2.13. The molecule has 0 fully saturated rings. The third-order valence-corrected chi connectivity index (χ3v) is 5.12. The molecular formula is C23H20FN7. The molecule has 0 atom stereocenters. The Morgan fingerprint density at radius 2 is 1.84 bits per heavy atom. The van der Waals surface area contributed by atoms with Crippen LogP contribution in [-0.2, 0) is 13.1 Å². The molecular weight excluding hydrogens is 393 g/mol. The molecule has 0 unspecified atom stereocenters. The molecule has 5 rings (SSSR count). The number of aryl methyl sites for hydroxylation is 1. The average molecular weight is 413 g/mol. The summed E-state index contributed by atoms with van der Waals surface area (Å²) >= 11 is 0. The first-order valence-electron chi connectivity index (χ1n) is 9.94. The number of benzene rings is 2. The van der Waals surface area contributed by atoms with E-state index in [4.69, 9.17) is 0 Å². The molecule has 0 saturated carbocycles. The molecule has 2 aromatic carbocycles. The molecule has 0 aliphatic heterocycles. The van der Waals surface area contributed by atoms with Crippen LogP contribution in [-0.4, -0.2) is 29.4 Å². The SMILES string of the molecule is Cc1nccn1Cc1cccc(CNc2ccc3nnc(-c4ccccc4F)n3n2)c1. The highest BCUT2D eigenvalue weighted by Crippen LogP contribution is 2.21. The van der Waals surface area contributed by atoms with Gasteiger partial charge in [0.05, 0.1) is 5.56 Å². The number of nitrogens with zero attached hydrogens (tertiary/aromatic N) is 6. The van der Waals surface area contributed by atoms with Crippen molar-refractivity contribution in [2.24, 2.45) is 0 Å². The molecule has 0 amide bonds. The van der Waals surface area contributed by atoms with E-state index in [2.05, 4.69) is 48.4 Å². The molecule has 0 radical (unpaired) electrons. The fourth-order valence-electron chi connectivity index (χ4n) is 3.49. The Balaban J connectivity index is 1.36. The van der Waals surface area contributed by atoms with E-state index in [0.29, 0.717) is 29.4 Å². The minimum absolute atomic E-state index is 0.359. The quantitative estimate of drug-likeness (QED) is 0.454. The van der Waals surface area contributed by atoms with Crippen molar-refractivity contribution in [1.29, 1.82) is 0 Å². The predicted octanol–water partition coefficient (Wildman–Crippen LogP) is 4.10. The number of imidazole rings is 1. The van der Waals surface area contributed by atoms with Crippen molar-refractivity contribution in [3.05, 3.63) is 95.8 Å². The van der Waals surface area contributed by atoms with Gasteiger partial charge in [0.1, 0.15) is 17.5 Å². The molecule has 0 aliphatic carbocycles. The van der Waals surface area contributed by atoms with Gasteiger partial charge in [-0.2, -0.15) is 4.52 Å². The van der Waals surface area contributed by atoms with Crippen LogP contribution >= 0.6 is 0 Å². The maximum absolute atomic E-state index is 14.2. The van der Waals surface area contributed by atoms with Crippen molar-refractivity contribution in [2.75, 3.05) is 5.32 Å². The lowest BCUT2D eigenvalue weighted by atomic mass is 10.1. The van der Waals surface area contributed by atoms with Crippen LogP contribution in [0.5, 0.6) is 0 Å². The van der Waals surface area contributed by atoms with E-state index < -0.39 is 0 Å². The zero-order chi connectivity index (χ0) is 21.2. The van der Waals surface area contributed by atoms with E-state index >= 15 is 0 Å². The third kappa shape index (κ3) is 3.87. The van der Waals surface area contributed by atoms with Crippen LogP contribution in [0.25, 0.3) is 17.0 Å². The molecule has 154 valence electrons. The third-order valence-electron chi connectivity index (χ3n) is 5.12. The Kier molecular flexibility index (Phi) is 4.87. The predicted molar refractivity (Wildman–Crippen MR) is 116 cm³/mol. The maximum atomic E-state index is 14.2. The molecule has 7 nitrogen and oxygen atoms in total. The number of hydrogen-bond donors (Lipinski definition) is 1. The molecule has 8 heteroatoms. The normalized spacial score (nSPS) is 11.2. The lowest BCUT2D eigenvalue weighted by molar-refractivity contribution is 0.629. The number of aromatic nitrogens is 6. The van der Waals surface area contributed by atoms with Crippen molar-refractivity contribution >= 4 is 11.5 Å². The van der Waals surface area contributed by atoms with Crippen LogP contribution in [0.15, 0.2) is 73.1 Å². The number of rotatable bonds is 6. The van der Waals surface area contributed by atoms with Gasteiger partial charge in [-0.25, -0.2) is 9.37 Å². The summed E-state index contributed by atoms with van der Waals surface area (Å²) < 4.78 is 17.9. The summed E-state index contributed by atoms with van der Waals surface area (Å²) in [4.78, 5) is 4.27. The van der Waals surface area contributed by atoms with Crippen LogP contribution < -0.4 is 5.32 Å². The number of fused-ring (bicyclic) bond motifs is 1. The molecule has 0 bridgehead atoms. The highest BCUT2D eigenvalue weighted by molar-refractivity contribution is 5.60. The van der Waals surface area contributed by atoms with E-state index in [9.17, 15) is 4.39 Å². The van der Waals surface area contributed by atoms with Crippen molar-refractivity contribution in [2.45, 2.75) is 20.0 Å². The van der Waals surface area contributed by atoms with Crippen molar-refractivity contribution < 1.29 is 4.39 Å². The van der Waals surface area contributed by atoms with Gasteiger partial charge in [-0.1, -0.05) is 36.4 Å². The molecule has 3 heterocycles. The summed E-state index contributed by atoms with van der Waals surface area (Å²) in [5.41, 5.74) is 3.25. The number of nitrogens with one attached hydrogen (secondary N) is 1. The molecule has 5 aromatic rings.